The second kappa shape index (κ2) is 4.36. The summed E-state index contributed by atoms with van der Waals surface area (Å²) in [6, 6.07) is 1.01. The van der Waals surface area contributed by atoms with Gasteiger partial charge < -0.3 is 20.3 Å². The molecule has 0 aliphatic carbocycles. The van der Waals surface area contributed by atoms with E-state index in [0.717, 1.165) is 19.2 Å². The minimum atomic E-state index is -0.422. The third-order valence-corrected chi connectivity index (χ3v) is 2.54. The molecule has 2 rings (SSSR count). The quantitative estimate of drug-likeness (QED) is 0.577. The van der Waals surface area contributed by atoms with Crippen LogP contribution in [0.5, 0.6) is 5.75 Å². The Bertz CT molecular complexity index is 449. The molecule has 6 heteroatoms. The smallest absolute Gasteiger partial charge is 0.259 e. The van der Waals surface area contributed by atoms with E-state index >= 15 is 0 Å². The highest BCUT2D eigenvalue weighted by Gasteiger charge is 2.20. The van der Waals surface area contributed by atoms with Crippen LogP contribution in [0.3, 0.4) is 0 Å². The summed E-state index contributed by atoms with van der Waals surface area (Å²) in [5.74, 6) is -0.525. The van der Waals surface area contributed by atoms with E-state index in [4.69, 9.17) is 0 Å². The summed E-state index contributed by atoms with van der Waals surface area (Å²) in [6.07, 6.45) is 1.25. The Morgan fingerprint density at radius 1 is 1.38 bits per heavy atom. The number of aromatic nitrogens is 1. The minimum Gasteiger partial charge on any atom is -0.507 e. The molecule has 1 amide bonds. The zero-order valence-electron chi connectivity index (χ0n) is 8.69. The van der Waals surface area contributed by atoms with Gasteiger partial charge >= 0.3 is 0 Å². The van der Waals surface area contributed by atoms with Crippen LogP contribution >= 0.6 is 0 Å². The molecular weight excluding hydrogens is 210 g/mol. The normalized spacial score (nSPS) is 16.1. The van der Waals surface area contributed by atoms with E-state index in [2.05, 4.69) is 10.3 Å². The van der Waals surface area contributed by atoms with Crippen molar-refractivity contribution in [1.29, 1.82) is 0 Å². The molecule has 86 valence electrons. The number of aromatic amines is 1. The number of carbonyl (C=O) groups is 1. The summed E-state index contributed by atoms with van der Waals surface area (Å²) < 4.78 is 0. The van der Waals surface area contributed by atoms with Gasteiger partial charge in [-0.05, 0) is 0 Å². The van der Waals surface area contributed by atoms with Crippen LogP contribution in [0.15, 0.2) is 17.1 Å². The monoisotopic (exact) mass is 223 g/mol. The summed E-state index contributed by atoms with van der Waals surface area (Å²) in [4.78, 5) is 26.9. The van der Waals surface area contributed by atoms with Gasteiger partial charge in [0.05, 0.1) is 5.56 Å². The highest BCUT2D eigenvalue weighted by Crippen LogP contribution is 2.15. The van der Waals surface area contributed by atoms with Crippen molar-refractivity contribution in [3.8, 4) is 5.75 Å². The molecule has 0 atom stereocenters. The number of rotatable bonds is 1. The first-order valence-corrected chi connectivity index (χ1v) is 5.10. The Hall–Kier alpha value is -1.82. The Balaban J connectivity index is 2.22. The largest absolute Gasteiger partial charge is 0.507 e. The molecule has 2 heterocycles. The van der Waals surface area contributed by atoms with E-state index in [1.54, 1.807) is 4.90 Å². The lowest BCUT2D eigenvalue weighted by atomic mass is 10.2. The van der Waals surface area contributed by atoms with E-state index < -0.39 is 5.56 Å². The Morgan fingerprint density at radius 2 is 2.06 bits per heavy atom. The van der Waals surface area contributed by atoms with Crippen LogP contribution in [0.25, 0.3) is 0 Å². The maximum absolute atomic E-state index is 11.9. The van der Waals surface area contributed by atoms with Gasteiger partial charge in [-0.15, -0.1) is 0 Å². The van der Waals surface area contributed by atoms with Crippen molar-refractivity contribution < 1.29 is 9.90 Å². The molecule has 1 aliphatic heterocycles. The number of H-pyrrole nitrogens is 1. The second-order valence-electron chi connectivity index (χ2n) is 3.64. The number of amides is 1. The minimum absolute atomic E-state index is 0.140. The van der Waals surface area contributed by atoms with Crippen LogP contribution in [-0.4, -0.2) is 47.1 Å². The molecule has 1 aromatic heterocycles. The molecule has 0 unspecified atom stereocenters. The van der Waals surface area contributed by atoms with Crippen molar-refractivity contribution >= 4 is 5.91 Å². The zero-order chi connectivity index (χ0) is 11.5. The lowest BCUT2D eigenvalue weighted by molar-refractivity contribution is 0.0732. The molecule has 0 saturated carbocycles. The molecule has 1 saturated heterocycles. The fourth-order valence-electron chi connectivity index (χ4n) is 1.67. The van der Waals surface area contributed by atoms with Gasteiger partial charge in [-0.25, -0.2) is 0 Å². The molecule has 0 radical (unpaired) electrons. The molecule has 1 fully saturated rings. The highest BCUT2D eigenvalue weighted by molar-refractivity contribution is 5.96. The summed E-state index contributed by atoms with van der Waals surface area (Å²) >= 11 is 0. The van der Waals surface area contributed by atoms with Crippen molar-refractivity contribution in [1.82, 2.24) is 15.2 Å². The summed E-state index contributed by atoms with van der Waals surface area (Å²) in [7, 11) is 0. The zero-order valence-corrected chi connectivity index (χ0v) is 8.69. The van der Waals surface area contributed by atoms with Gasteiger partial charge in [0.2, 0.25) is 0 Å². The average molecular weight is 223 g/mol. The molecule has 16 heavy (non-hydrogen) atoms. The summed E-state index contributed by atoms with van der Waals surface area (Å²) in [6.45, 7) is 2.71. The van der Waals surface area contributed by atoms with Crippen LogP contribution in [0.2, 0.25) is 0 Å². The fourth-order valence-corrected chi connectivity index (χ4v) is 1.67. The van der Waals surface area contributed by atoms with E-state index in [0.29, 0.717) is 13.1 Å². The Kier molecular flexibility index (Phi) is 2.91. The SMILES string of the molecule is O=C(c1c[nH]c(=O)cc1O)N1CCNCC1. The van der Waals surface area contributed by atoms with Crippen molar-refractivity contribution in [2.45, 2.75) is 0 Å². The second-order valence-corrected chi connectivity index (χ2v) is 3.64. The van der Waals surface area contributed by atoms with Crippen molar-refractivity contribution in [3.05, 3.63) is 28.2 Å². The standard InChI is InChI=1S/C10H13N3O3/c14-8-5-9(15)12-6-7(8)10(16)13-3-1-11-2-4-13/h5-6,11H,1-4H2,(H2,12,14,15). The first-order chi connectivity index (χ1) is 7.68. The van der Waals surface area contributed by atoms with Gasteiger partial charge in [-0.1, -0.05) is 0 Å². The maximum atomic E-state index is 11.9. The van der Waals surface area contributed by atoms with E-state index in [-0.39, 0.29) is 17.2 Å². The predicted molar refractivity (Wildman–Crippen MR) is 57.5 cm³/mol. The van der Waals surface area contributed by atoms with E-state index in [1.807, 2.05) is 0 Å². The van der Waals surface area contributed by atoms with Crippen LogP contribution in [-0.2, 0) is 0 Å². The lowest BCUT2D eigenvalue weighted by Gasteiger charge is -2.27. The Labute approximate surface area is 91.9 Å². The van der Waals surface area contributed by atoms with Crippen molar-refractivity contribution in [3.63, 3.8) is 0 Å². The number of nitrogens with one attached hydrogen (secondary N) is 2. The molecule has 0 aromatic carbocycles. The van der Waals surface area contributed by atoms with Crippen LogP contribution in [0.4, 0.5) is 0 Å². The number of aromatic hydroxyl groups is 1. The summed E-state index contributed by atoms with van der Waals surface area (Å²) in [5, 5.41) is 12.6. The van der Waals surface area contributed by atoms with Gasteiger partial charge in [0, 0.05) is 38.4 Å². The predicted octanol–water partition coefficient (Wildman–Crippen LogP) is -0.874. The first-order valence-electron chi connectivity index (χ1n) is 5.10. The summed E-state index contributed by atoms with van der Waals surface area (Å²) in [5.41, 5.74) is -0.282. The number of pyridine rings is 1. The molecular formula is C10H13N3O3. The number of nitrogens with zero attached hydrogens (tertiary/aromatic N) is 1. The molecule has 6 nitrogen and oxygen atoms in total. The average Bonchev–Trinajstić information content (AvgIpc) is 2.29. The van der Waals surface area contributed by atoms with E-state index in [1.165, 1.54) is 6.20 Å². The maximum Gasteiger partial charge on any atom is 0.259 e. The number of carbonyl (C=O) groups excluding carboxylic acids is 1. The molecule has 0 bridgehead atoms. The highest BCUT2D eigenvalue weighted by atomic mass is 16.3. The van der Waals surface area contributed by atoms with Crippen molar-refractivity contribution in [2.24, 2.45) is 0 Å². The Morgan fingerprint density at radius 3 is 2.69 bits per heavy atom. The van der Waals surface area contributed by atoms with Gasteiger partial charge in [0.25, 0.3) is 11.5 Å². The van der Waals surface area contributed by atoms with Crippen molar-refractivity contribution in [2.75, 3.05) is 26.2 Å². The van der Waals surface area contributed by atoms with Gasteiger partial charge in [0.15, 0.2) is 0 Å². The molecule has 1 aromatic rings. The molecule has 0 spiro atoms. The lowest BCUT2D eigenvalue weighted by Crippen LogP contribution is -2.46. The van der Waals surface area contributed by atoms with Gasteiger partial charge in [-0.3, -0.25) is 9.59 Å². The third kappa shape index (κ3) is 2.06. The van der Waals surface area contributed by atoms with Crippen LogP contribution < -0.4 is 10.9 Å². The molecule has 1 aliphatic rings. The number of hydrogen-bond acceptors (Lipinski definition) is 4. The first kappa shape index (κ1) is 10.7. The molecule has 3 N–H and O–H groups in total. The van der Waals surface area contributed by atoms with E-state index in [9.17, 15) is 14.7 Å². The number of hydrogen-bond donors (Lipinski definition) is 3. The van der Waals surface area contributed by atoms with Crippen LogP contribution in [0.1, 0.15) is 10.4 Å². The van der Waals surface area contributed by atoms with Gasteiger partial charge in [0.1, 0.15) is 5.75 Å². The third-order valence-electron chi connectivity index (χ3n) is 2.54. The topological polar surface area (TPSA) is 85.4 Å². The van der Waals surface area contributed by atoms with Crippen LogP contribution in [0, 0.1) is 0 Å². The fraction of sp³-hybridized carbons (Fsp3) is 0.400. The van der Waals surface area contributed by atoms with Gasteiger partial charge in [-0.2, -0.15) is 0 Å². The number of piperazine rings is 1.